The van der Waals surface area contributed by atoms with E-state index >= 15 is 0 Å². The van der Waals surface area contributed by atoms with Crippen molar-refractivity contribution in [2.75, 3.05) is 17.7 Å². The van der Waals surface area contributed by atoms with Crippen molar-refractivity contribution in [3.8, 4) is 11.5 Å². The molecule has 4 rings (SSSR count). The molecule has 10 nitrogen and oxygen atoms in total. The first-order valence-electron chi connectivity index (χ1n) is 11.4. The first-order chi connectivity index (χ1) is 17.3. The standard InChI is InChI=1S/C25H27N5O5S/c1-35-18-13-14(11-12-17(18)31)21(24(33)28-15-7-5-6-8-15)30(16-9-3-2-4-10-16)25(34)22-19(26)20(23(27)32)29-36-22/h2-4,9-13,15,21,31H,5-8,26H2,1H3,(H2,27,32)(H,28,33)/t21-/m0/s1. The van der Waals surface area contributed by atoms with Crippen molar-refractivity contribution in [1.82, 2.24) is 9.69 Å². The van der Waals surface area contributed by atoms with Crippen LogP contribution in [0.15, 0.2) is 48.5 Å². The lowest BCUT2D eigenvalue weighted by Crippen LogP contribution is -2.46. The van der Waals surface area contributed by atoms with Gasteiger partial charge in [-0.05, 0) is 54.2 Å². The quantitative estimate of drug-likeness (QED) is 0.363. The second-order valence-corrected chi connectivity index (χ2v) is 9.25. The summed E-state index contributed by atoms with van der Waals surface area (Å²) in [5, 5.41) is 13.2. The number of para-hydroxylation sites is 1. The van der Waals surface area contributed by atoms with Gasteiger partial charge in [-0.3, -0.25) is 19.3 Å². The zero-order valence-electron chi connectivity index (χ0n) is 19.6. The second-order valence-electron chi connectivity index (χ2n) is 8.47. The Morgan fingerprint density at radius 2 is 1.86 bits per heavy atom. The number of hydrogen-bond donors (Lipinski definition) is 4. The maximum atomic E-state index is 14.0. The number of rotatable bonds is 8. The maximum Gasteiger partial charge on any atom is 0.273 e. The van der Waals surface area contributed by atoms with Gasteiger partial charge in [0, 0.05) is 11.7 Å². The van der Waals surface area contributed by atoms with Crippen LogP contribution >= 0.6 is 11.5 Å². The zero-order valence-corrected chi connectivity index (χ0v) is 20.5. The summed E-state index contributed by atoms with van der Waals surface area (Å²) >= 11 is 0.739. The molecule has 2 aromatic carbocycles. The molecular weight excluding hydrogens is 482 g/mol. The number of aromatic nitrogens is 1. The van der Waals surface area contributed by atoms with Crippen LogP contribution in [-0.2, 0) is 4.79 Å². The summed E-state index contributed by atoms with van der Waals surface area (Å²) in [6.07, 6.45) is 3.72. The number of primary amides is 1. The lowest BCUT2D eigenvalue weighted by Gasteiger charge is -2.32. The van der Waals surface area contributed by atoms with Crippen LogP contribution in [0.3, 0.4) is 0 Å². The number of phenols is 1. The normalized spacial score (nSPS) is 14.2. The average molecular weight is 510 g/mol. The van der Waals surface area contributed by atoms with E-state index in [2.05, 4.69) is 9.69 Å². The fraction of sp³-hybridized carbons (Fsp3) is 0.280. The minimum absolute atomic E-state index is 0.0123. The summed E-state index contributed by atoms with van der Waals surface area (Å²) in [4.78, 5) is 40.8. The van der Waals surface area contributed by atoms with E-state index in [0.717, 1.165) is 37.2 Å². The van der Waals surface area contributed by atoms with Crippen LogP contribution < -0.4 is 26.4 Å². The first kappa shape index (κ1) is 25.0. The topological polar surface area (TPSA) is 161 Å². The van der Waals surface area contributed by atoms with Crippen molar-refractivity contribution in [1.29, 1.82) is 0 Å². The molecular formula is C25H27N5O5S. The number of amides is 3. The Labute approximate surface area is 212 Å². The molecule has 6 N–H and O–H groups in total. The number of anilines is 2. The molecule has 0 unspecified atom stereocenters. The van der Waals surface area contributed by atoms with Crippen molar-refractivity contribution in [3.63, 3.8) is 0 Å². The third-order valence-corrected chi connectivity index (χ3v) is 6.99. The minimum Gasteiger partial charge on any atom is -0.504 e. The lowest BCUT2D eigenvalue weighted by molar-refractivity contribution is -0.123. The highest BCUT2D eigenvalue weighted by Gasteiger charge is 2.37. The lowest BCUT2D eigenvalue weighted by atomic mass is 10.0. The summed E-state index contributed by atoms with van der Waals surface area (Å²) in [7, 11) is 1.40. The molecule has 11 heteroatoms. The van der Waals surface area contributed by atoms with Crippen LogP contribution in [-0.4, -0.2) is 40.4 Å². The van der Waals surface area contributed by atoms with Gasteiger partial charge in [-0.25, -0.2) is 0 Å². The highest BCUT2D eigenvalue weighted by atomic mass is 32.1. The van der Waals surface area contributed by atoms with Crippen LogP contribution in [0.4, 0.5) is 11.4 Å². The monoisotopic (exact) mass is 509 g/mol. The number of ether oxygens (including phenoxy) is 1. The number of benzene rings is 2. The van der Waals surface area contributed by atoms with Crippen LogP contribution in [0.25, 0.3) is 0 Å². The number of methoxy groups -OCH3 is 1. The molecule has 0 spiro atoms. The molecule has 3 aromatic rings. The zero-order chi connectivity index (χ0) is 25.8. The van der Waals surface area contributed by atoms with E-state index in [9.17, 15) is 19.5 Å². The van der Waals surface area contributed by atoms with Gasteiger partial charge in [0.15, 0.2) is 17.2 Å². The smallest absolute Gasteiger partial charge is 0.273 e. The summed E-state index contributed by atoms with van der Waals surface area (Å²) in [5.74, 6) is -1.83. The van der Waals surface area contributed by atoms with Gasteiger partial charge < -0.3 is 26.6 Å². The molecule has 1 heterocycles. The largest absolute Gasteiger partial charge is 0.504 e. The van der Waals surface area contributed by atoms with Gasteiger partial charge in [0.05, 0.1) is 12.8 Å². The number of phenolic OH excluding ortho intramolecular Hbond substituents is 1. The van der Waals surface area contributed by atoms with Crippen LogP contribution in [0, 0.1) is 0 Å². The van der Waals surface area contributed by atoms with E-state index in [0.29, 0.717) is 11.3 Å². The van der Waals surface area contributed by atoms with Gasteiger partial charge >= 0.3 is 0 Å². The summed E-state index contributed by atoms with van der Waals surface area (Å²) < 4.78 is 9.22. The minimum atomic E-state index is -1.14. The fourth-order valence-electron chi connectivity index (χ4n) is 4.34. The molecule has 1 saturated carbocycles. The number of aromatic hydroxyl groups is 1. The van der Waals surface area contributed by atoms with E-state index < -0.39 is 23.8 Å². The number of nitrogens with two attached hydrogens (primary N) is 2. The van der Waals surface area contributed by atoms with Gasteiger partial charge in [0.2, 0.25) is 5.91 Å². The maximum absolute atomic E-state index is 14.0. The van der Waals surface area contributed by atoms with Crippen molar-refractivity contribution in [3.05, 3.63) is 64.7 Å². The average Bonchev–Trinajstić information content (AvgIpc) is 3.52. The third-order valence-electron chi connectivity index (χ3n) is 6.14. The molecule has 0 radical (unpaired) electrons. The Kier molecular flexibility index (Phi) is 7.39. The molecule has 188 valence electrons. The molecule has 3 amide bonds. The molecule has 0 saturated heterocycles. The molecule has 0 aliphatic heterocycles. The van der Waals surface area contributed by atoms with Crippen LogP contribution in [0.1, 0.15) is 57.4 Å². The van der Waals surface area contributed by atoms with Crippen molar-refractivity contribution < 1.29 is 24.2 Å². The summed E-state index contributed by atoms with van der Waals surface area (Å²) in [6.45, 7) is 0. The van der Waals surface area contributed by atoms with E-state index in [1.807, 2.05) is 0 Å². The Bertz CT molecular complexity index is 1270. The van der Waals surface area contributed by atoms with Crippen molar-refractivity contribution in [2.45, 2.75) is 37.8 Å². The summed E-state index contributed by atoms with van der Waals surface area (Å²) in [6, 6.07) is 12.0. The number of hydrogen-bond acceptors (Lipinski definition) is 8. The van der Waals surface area contributed by atoms with Crippen LogP contribution in [0.5, 0.6) is 11.5 Å². The number of carbonyl (C=O) groups excluding carboxylic acids is 3. The molecule has 1 atom stereocenters. The molecule has 1 fully saturated rings. The van der Waals surface area contributed by atoms with Crippen LogP contribution in [0.2, 0.25) is 0 Å². The SMILES string of the molecule is COc1cc([C@@H](C(=O)NC2CCCC2)N(C(=O)c2snc(C(N)=O)c2N)c2ccccc2)ccc1O. The number of nitrogen functional groups attached to an aromatic ring is 1. The summed E-state index contributed by atoms with van der Waals surface area (Å²) in [5.41, 5.74) is 11.9. The predicted octanol–water partition coefficient (Wildman–Crippen LogP) is 2.99. The second kappa shape index (κ2) is 10.6. The Morgan fingerprint density at radius 3 is 2.47 bits per heavy atom. The van der Waals surface area contributed by atoms with E-state index in [1.165, 1.54) is 24.1 Å². The fourth-order valence-corrected chi connectivity index (χ4v) is 5.09. The van der Waals surface area contributed by atoms with Gasteiger partial charge in [-0.15, -0.1) is 0 Å². The Balaban J connectivity index is 1.86. The van der Waals surface area contributed by atoms with Gasteiger partial charge in [-0.1, -0.05) is 37.1 Å². The number of carbonyl (C=O) groups is 3. The Hall–Kier alpha value is -4.12. The molecule has 1 aliphatic rings. The molecule has 36 heavy (non-hydrogen) atoms. The highest BCUT2D eigenvalue weighted by molar-refractivity contribution is 7.09. The first-order valence-corrected chi connectivity index (χ1v) is 12.2. The molecule has 1 aromatic heterocycles. The number of nitrogens with zero attached hydrogens (tertiary/aromatic N) is 2. The highest BCUT2D eigenvalue weighted by Crippen LogP contribution is 2.36. The third kappa shape index (κ3) is 4.96. The van der Waals surface area contributed by atoms with Gasteiger partial charge in [0.1, 0.15) is 10.9 Å². The van der Waals surface area contributed by atoms with Gasteiger partial charge in [-0.2, -0.15) is 4.37 Å². The van der Waals surface area contributed by atoms with E-state index in [-0.39, 0.29) is 33.8 Å². The van der Waals surface area contributed by atoms with Crippen molar-refractivity contribution >= 4 is 40.6 Å². The Morgan fingerprint density at radius 1 is 1.17 bits per heavy atom. The molecule has 0 bridgehead atoms. The van der Waals surface area contributed by atoms with Gasteiger partial charge in [0.25, 0.3) is 11.8 Å². The predicted molar refractivity (Wildman–Crippen MR) is 136 cm³/mol. The van der Waals surface area contributed by atoms with E-state index in [1.54, 1.807) is 36.4 Å². The number of nitrogens with one attached hydrogen (secondary N) is 1. The van der Waals surface area contributed by atoms with E-state index in [4.69, 9.17) is 16.2 Å². The molecule has 1 aliphatic carbocycles. The van der Waals surface area contributed by atoms with Crippen molar-refractivity contribution in [2.24, 2.45) is 5.73 Å².